The highest BCUT2D eigenvalue weighted by molar-refractivity contribution is 5.88. The zero-order chi connectivity index (χ0) is 14.5. The van der Waals surface area contributed by atoms with Gasteiger partial charge in [0.1, 0.15) is 11.6 Å². The summed E-state index contributed by atoms with van der Waals surface area (Å²) in [6, 6.07) is 11.5. The Balaban J connectivity index is 2.03. The average molecular weight is 270 g/mol. The SMILES string of the molecule is Cc1cc(C)cc(OC(=O)C=Cc2ccc(F)cc2)c1. The van der Waals surface area contributed by atoms with Crippen molar-refractivity contribution in [2.24, 2.45) is 0 Å². The summed E-state index contributed by atoms with van der Waals surface area (Å²) in [5.74, 6) is -0.240. The number of esters is 1. The first kappa shape index (κ1) is 14.0. The number of aryl methyl sites for hydroxylation is 2. The second-order valence-electron chi connectivity index (χ2n) is 4.63. The summed E-state index contributed by atoms with van der Waals surface area (Å²) in [6.45, 7) is 3.89. The van der Waals surface area contributed by atoms with E-state index >= 15 is 0 Å². The highest BCUT2D eigenvalue weighted by Gasteiger charge is 2.02. The van der Waals surface area contributed by atoms with E-state index < -0.39 is 5.97 Å². The Hall–Kier alpha value is -2.42. The maximum atomic E-state index is 12.7. The average Bonchev–Trinajstić information content (AvgIpc) is 2.37. The Morgan fingerprint density at radius 1 is 1.05 bits per heavy atom. The fraction of sp³-hybridized carbons (Fsp3) is 0.118. The van der Waals surface area contributed by atoms with Gasteiger partial charge in [0.05, 0.1) is 0 Å². The molecule has 0 amide bonds. The van der Waals surface area contributed by atoms with E-state index in [1.54, 1.807) is 30.3 Å². The Bertz CT molecular complexity index is 622. The van der Waals surface area contributed by atoms with Crippen molar-refractivity contribution in [2.45, 2.75) is 13.8 Å². The molecule has 0 aliphatic heterocycles. The van der Waals surface area contributed by atoms with Crippen molar-refractivity contribution >= 4 is 12.0 Å². The van der Waals surface area contributed by atoms with E-state index in [2.05, 4.69) is 0 Å². The van der Waals surface area contributed by atoms with Gasteiger partial charge in [0.25, 0.3) is 0 Å². The van der Waals surface area contributed by atoms with Crippen LogP contribution in [0.5, 0.6) is 5.75 Å². The van der Waals surface area contributed by atoms with Gasteiger partial charge in [-0.05, 0) is 60.9 Å². The molecule has 0 spiro atoms. The molecule has 0 atom stereocenters. The summed E-state index contributed by atoms with van der Waals surface area (Å²) in [5.41, 5.74) is 2.81. The van der Waals surface area contributed by atoms with Crippen LogP contribution in [0.4, 0.5) is 4.39 Å². The molecule has 0 unspecified atom stereocenters. The Kier molecular flexibility index (Phi) is 4.31. The molecule has 0 fully saturated rings. The Morgan fingerprint density at radius 2 is 1.65 bits per heavy atom. The minimum Gasteiger partial charge on any atom is -0.423 e. The van der Waals surface area contributed by atoms with Gasteiger partial charge in [-0.15, -0.1) is 0 Å². The van der Waals surface area contributed by atoms with E-state index in [0.717, 1.165) is 16.7 Å². The van der Waals surface area contributed by atoms with Gasteiger partial charge in [-0.1, -0.05) is 18.2 Å². The van der Waals surface area contributed by atoms with E-state index in [9.17, 15) is 9.18 Å². The fourth-order valence-electron chi connectivity index (χ4n) is 1.88. The van der Waals surface area contributed by atoms with Crippen LogP contribution in [0.15, 0.2) is 48.5 Å². The summed E-state index contributed by atoms with van der Waals surface area (Å²) in [7, 11) is 0. The van der Waals surface area contributed by atoms with Gasteiger partial charge in [-0.2, -0.15) is 0 Å². The fourth-order valence-corrected chi connectivity index (χ4v) is 1.88. The largest absolute Gasteiger partial charge is 0.423 e. The second kappa shape index (κ2) is 6.15. The first-order valence-electron chi connectivity index (χ1n) is 6.27. The maximum absolute atomic E-state index is 12.7. The molecule has 0 aliphatic carbocycles. The molecular weight excluding hydrogens is 255 g/mol. The quantitative estimate of drug-likeness (QED) is 0.477. The van der Waals surface area contributed by atoms with Crippen LogP contribution in [0.2, 0.25) is 0 Å². The molecule has 2 aromatic carbocycles. The first-order valence-corrected chi connectivity index (χ1v) is 6.27. The first-order chi connectivity index (χ1) is 9.52. The number of rotatable bonds is 3. The van der Waals surface area contributed by atoms with Gasteiger partial charge in [-0.25, -0.2) is 9.18 Å². The molecule has 0 heterocycles. The molecule has 0 aliphatic rings. The van der Waals surface area contributed by atoms with Crippen LogP contribution in [0.25, 0.3) is 6.08 Å². The van der Waals surface area contributed by atoms with Crippen LogP contribution in [0, 0.1) is 19.7 Å². The lowest BCUT2D eigenvalue weighted by molar-refractivity contribution is -0.128. The van der Waals surface area contributed by atoms with E-state index in [1.807, 2.05) is 19.9 Å². The lowest BCUT2D eigenvalue weighted by Gasteiger charge is -2.04. The third-order valence-electron chi connectivity index (χ3n) is 2.70. The van der Waals surface area contributed by atoms with Crippen molar-refractivity contribution < 1.29 is 13.9 Å². The molecule has 20 heavy (non-hydrogen) atoms. The van der Waals surface area contributed by atoms with Crippen molar-refractivity contribution in [3.05, 3.63) is 71.0 Å². The summed E-state index contributed by atoms with van der Waals surface area (Å²) in [6.07, 6.45) is 2.91. The maximum Gasteiger partial charge on any atom is 0.336 e. The molecule has 0 bridgehead atoms. The zero-order valence-corrected chi connectivity index (χ0v) is 11.4. The number of halogens is 1. The smallest absolute Gasteiger partial charge is 0.336 e. The lowest BCUT2D eigenvalue weighted by Crippen LogP contribution is -2.04. The normalized spacial score (nSPS) is 10.8. The Labute approximate surface area is 117 Å². The predicted octanol–water partition coefficient (Wildman–Crippen LogP) is 4.06. The highest BCUT2D eigenvalue weighted by atomic mass is 19.1. The zero-order valence-electron chi connectivity index (χ0n) is 11.4. The molecule has 0 saturated heterocycles. The third kappa shape index (κ3) is 4.05. The molecule has 0 aromatic heterocycles. The minimum atomic E-state index is -0.459. The Morgan fingerprint density at radius 3 is 2.25 bits per heavy atom. The van der Waals surface area contributed by atoms with Crippen LogP contribution in [0.1, 0.15) is 16.7 Å². The molecule has 0 N–H and O–H groups in total. The van der Waals surface area contributed by atoms with Crippen LogP contribution in [-0.2, 0) is 4.79 Å². The summed E-state index contributed by atoms with van der Waals surface area (Å²) < 4.78 is 18.0. The summed E-state index contributed by atoms with van der Waals surface area (Å²) >= 11 is 0. The van der Waals surface area contributed by atoms with E-state index in [1.165, 1.54) is 18.2 Å². The molecule has 3 heteroatoms. The standard InChI is InChI=1S/C17H15FO2/c1-12-9-13(2)11-16(10-12)20-17(19)8-5-14-3-6-15(18)7-4-14/h3-11H,1-2H3. The van der Waals surface area contributed by atoms with E-state index in [4.69, 9.17) is 4.74 Å². The van der Waals surface area contributed by atoms with Crippen molar-refractivity contribution in [2.75, 3.05) is 0 Å². The van der Waals surface area contributed by atoms with E-state index in [-0.39, 0.29) is 5.82 Å². The van der Waals surface area contributed by atoms with Gasteiger partial charge in [0.2, 0.25) is 0 Å². The van der Waals surface area contributed by atoms with Crippen LogP contribution in [0.3, 0.4) is 0 Å². The summed E-state index contributed by atoms with van der Waals surface area (Å²) in [5, 5.41) is 0. The van der Waals surface area contributed by atoms with Crippen molar-refractivity contribution in [3.8, 4) is 5.75 Å². The van der Waals surface area contributed by atoms with Crippen molar-refractivity contribution in [1.29, 1.82) is 0 Å². The lowest BCUT2D eigenvalue weighted by atomic mass is 10.1. The molecule has 2 nitrogen and oxygen atoms in total. The molecule has 2 aromatic rings. The van der Waals surface area contributed by atoms with Gasteiger partial charge >= 0.3 is 5.97 Å². The summed E-state index contributed by atoms with van der Waals surface area (Å²) in [4.78, 5) is 11.7. The molecule has 2 rings (SSSR count). The number of ether oxygens (including phenoxy) is 1. The van der Waals surface area contributed by atoms with Crippen LogP contribution < -0.4 is 4.74 Å². The van der Waals surface area contributed by atoms with Gasteiger partial charge < -0.3 is 4.74 Å². The number of carbonyl (C=O) groups is 1. The molecule has 0 saturated carbocycles. The number of hydrogen-bond donors (Lipinski definition) is 0. The van der Waals surface area contributed by atoms with Crippen LogP contribution >= 0.6 is 0 Å². The second-order valence-corrected chi connectivity index (χ2v) is 4.63. The molecular formula is C17H15FO2. The van der Waals surface area contributed by atoms with E-state index in [0.29, 0.717) is 5.75 Å². The van der Waals surface area contributed by atoms with Crippen molar-refractivity contribution in [1.82, 2.24) is 0 Å². The molecule has 102 valence electrons. The topological polar surface area (TPSA) is 26.3 Å². The minimum absolute atomic E-state index is 0.306. The number of carbonyl (C=O) groups excluding carboxylic acids is 1. The molecule has 0 radical (unpaired) electrons. The van der Waals surface area contributed by atoms with Gasteiger partial charge in [0.15, 0.2) is 0 Å². The van der Waals surface area contributed by atoms with Gasteiger partial charge in [-0.3, -0.25) is 0 Å². The monoisotopic (exact) mass is 270 g/mol. The predicted molar refractivity (Wildman–Crippen MR) is 77.0 cm³/mol. The number of benzene rings is 2. The highest BCUT2D eigenvalue weighted by Crippen LogP contribution is 2.16. The van der Waals surface area contributed by atoms with Crippen molar-refractivity contribution in [3.63, 3.8) is 0 Å². The number of hydrogen-bond acceptors (Lipinski definition) is 2. The van der Waals surface area contributed by atoms with Crippen LogP contribution in [-0.4, -0.2) is 5.97 Å². The van der Waals surface area contributed by atoms with Gasteiger partial charge in [0, 0.05) is 6.08 Å². The third-order valence-corrected chi connectivity index (χ3v) is 2.70.